The Morgan fingerprint density at radius 3 is 2.04 bits per heavy atom. The van der Waals surface area contributed by atoms with Crippen LogP contribution in [0, 0.1) is 0 Å². The van der Waals surface area contributed by atoms with Gasteiger partial charge in [0.25, 0.3) is 0 Å². The quantitative estimate of drug-likeness (QED) is 0.662. The number of hydrogen-bond donors (Lipinski definition) is 3. The number of nitrogens with one attached hydrogen (secondary N) is 1. The number of aryl methyl sites for hydroxylation is 1. The Labute approximate surface area is 154 Å². The van der Waals surface area contributed by atoms with Gasteiger partial charge in [-0.2, -0.15) is 0 Å². The Morgan fingerprint density at radius 2 is 1.50 bits per heavy atom. The molecule has 1 atom stereocenters. The second kappa shape index (κ2) is 12.4. The van der Waals surface area contributed by atoms with Crippen molar-refractivity contribution in [1.82, 2.24) is 5.32 Å². The molecule has 2 rings (SSSR count). The highest BCUT2D eigenvalue weighted by Crippen LogP contribution is 2.05. The lowest BCUT2D eigenvalue weighted by Gasteiger charge is -2.12. The lowest BCUT2D eigenvalue weighted by Crippen LogP contribution is -2.26. The van der Waals surface area contributed by atoms with E-state index in [0.29, 0.717) is 6.04 Å². The van der Waals surface area contributed by atoms with Crippen molar-refractivity contribution in [2.24, 2.45) is 0 Å². The third kappa shape index (κ3) is 10.1. The van der Waals surface area contributed by atoms with Crippen LogP contribution < -0.4 is 5.32 Å². The van der Waals surface area contributed by atoms with Crippen molar-refractivity contribution in [1.29, 1.82) is 0 Å². The summed E-state index contributed by atoms with van der Waals surface area (Å²) in [5, 5.41) is 18.3. The first-order valence-corrected chi connectivity index (χ1v) is 8.44. The summed E-state index contributed by atoms with van der Waals surface area (Å²) in [6, 6.07) is 21.6. The smallest absolute Gasteiger partial charge is 0.414 e. The summed E-state index contributed by atoms with van der Waals surface area (Å²) >= 11 is 0. The van der Waals surface area contributed by atoms with Gasteiger partial charge in [0, 0.05) is 12.6 Å². The molecule has 0 bridgehead atoms. The fourth-order valence-corrected chi connectivity index (χ4v) is 2.16. The molecule has 1 unspecified atom stereocenters. The van der Waals surface area contributed by atoms with Crippen molar-refractivity contribution in [3.05, 3.63) is 77.9 Å². The van der Waals surface area contributed by atoms with Gasteiger partial charge in [0.1, 0.15) is 0 Å². The molecule has 0 saturated carbocycles. The summed E-state index contributed by atoms with van der Waals surface area (Å²) < 4.78 is 0. The van der Waals surface area contributed by atoms with Gasteiger partial charge >= 0.3 is 11.9 Å². The van der Waals surface area contributed by atoms with Gasteiger partial charge in [-0.25, -0.2) is 9.59 Å². The molecule has 0 aliphatic carbocycles. The van der Waals surface area contributed by atoms with Crippen molar-refractivity contribution < 1.29 is 19.8 Å². The standard InChI is InChI=1S/C19H23N.C2H2O4/c1-17(14-15-19-11-6-3-7-12-19)20-16-8-13-18-9-4-2-5-10-18;3-1(4)2(5)6/h2-13,17,20H,14-16H2,1H3;(H,3,4)(H,5,6)/b13-8+;. The van der Waals surface area contributed by atoms with E-state index in [4.69, 9.17) is 19.8 Å². The lowest BCUT2D eigenvalue weighted by atomic mass is 10.1. The first-order valence-electron chi connectivity index (χ1n) is 8.44. The van der Waals surface area contributed by atoms with Crippen molar-refractivity contribution in [3.8, 4) is 0 Å². The number of aliphatic carboxylic acids is 2. The van der Waals surface area contributed by atoms with E-state index in [1.54, 1.807) is 0 Å². The SMILES string of the molecule is CC(CCc1ccccc1)NC/C=C/c1ccccc1.O=C(O)C(=O)O. The van der Waals surface area contributed by atoms with Crippen LogP contribution in [0.25, 0.3) is 6.08 Å². The van der Waals surface area contributed by atoms with E-state index >= 15 is 0 Å². The second-order valence-electron chi connectivity index (χ2n) is 5.76. The molecule has 2 aromatic carbocycles. The predicted molar refractivity (Wildman–Crippen MR) is 103 cm³/mol. The molecule has 0 heterocycles. The van der Waals surface area contributed by atoms with E-state index in [2.05, 4.69) is 79.0 Å². The summed E-state index contributed by atoms with van der Waals surface area (Å²) in [6.07, 6.45) is 6.66. The van der Waals surface area contributed by atoms with Crippen LogP contribution in [0.3, 0.4) is 0 Å². The average Bonchev–Trinajstić information content (AvgIpc) is 2.66. The monoisotopic (exact) mass is 355 g/mol. The molecule has 138 valence electrons. The van der Waals surface area contributed by atoms with Crippen molar-refractivity contribution >= 4 is 18.0 Å². The number of rotatable bonds is 7. The molecular weight excluding hydrogens is 330 g/mol. The van der Waals surface area contributed by atoms with Crippen LogP contribution in [0.1, 0.15) is 24.5 Å². The molecule has 0 radical (unpaired) electrons. The maximum absolute atomic E-state index is 9.10. The summed E-state index contributed by atoms with van der Waals surface area (Å²) in [7, 11) is 0. The number of hydrogen-bond acceptors (Lipinski definition) is 3. The minimum atomic E-state index is -1.82. The molecule has 2 aromatic rings. The van der Waals surface area contributed by atoms with Crippen LogP contribution in [0.2, 0.25) is 0 Å². The molecular formula is C21H25NO4. The Balaban J connectivity index is 0.000000487. The molecule has 26 heavy (non-hydrogen) atoms. The second-order valence-corrected chi connectivity index (χ2v) is 5.76. The highest BCUT2D eigenvalue weighted by Gasteiger charge is 2.04. The van der Waals surface area contributed by atoms with E-state index in [1.165, 1.54) is 17.5 Å². The number of carboxylic acid groups (broad SMARTS) is 2. The molecule has 0 fully saturated rings. The van der Waals surface area contributed by atoms with Crippen LogP contribution in [-0.4, -0.2) is 34.7 Å². The Kier molecular flexibility index (Phi) is 10.1. The van der Waals surface area contributed by atoms with Gasteiger partial charge in [0.05, 0.1) is 0 Å². The molecule has 5 heteroatoms. The first-order chi connectivity index (χ1) is 12.5. The maximum atomic E-state index is 9.10. The van der Waals surface area contributed by atoms with Gasteiger partial charge in [0.15, 0.2) is 0 Å². The third-order valence-electron chi connectivity index (χ3n) is 3.59. The summed E-state index contributed by atoms with van der Waals surface area (Å²) in [5.41, 5.74) is 2.67. The van der Waals surface area contributed by atoms with Gasteiger partial charge in [0.2, 0.25) is 0 Å². The van der Waals surface area contributed by atoms with Crippen molar-refractivity contribution in [3.63, 3.8) is 0 Å². The first kappa shape index (κ1) is 21.1. The minimum absolute atomic E-state index is 0.538. The van der Waals surface area contributed by atoms with Gasteiger partial charge < -0.3 is 15.5 Å². The number of carbonyl (C=O) groups is 2. The van der Waals surface area contributed by atoms with Gasteiger partial charge in [-0.15, -0.1) is 0 Å². The van der Waals surface area contributed by atoms with Crippen LogP contribution in [0.15, 0.2) is 66.7 Å². The normalized spacial score (nSPS) is 11.4. The van der Waals surface area contributed by atoms with Crippen LogP contribution in [0.5, 0.6) is 0 Å². The fraction of sp³-hybridized carbons (Fsp3) is 0.238. The lowest BCUT2D eigenvalue weighted by molar-refractivity contribution is -0.159. The Hall–Kier alpha value is -2.92. The van der Waals surface area contributed by atoms with Gasteiger partial charge in [-0.05, 0) is 30.9 Å². The number of benzene rings is 2. The maximum Gasteiger partial charge on any atom is 0.414 e. The zero-order valence-corrected chi connectivity index (χ0v) is 14.8. The van der Waals surface area contributed by atoms with Crippen LogP contribution in [0.4, 0.5) is 0 Å². The molecule has 0 aliphatic rings. The Morgan fingerprint density at radius 1 is 0.962 bits per heavy atom. The van der Waals surface area contributed by atoms with E-state index in [0.717, 1.165) is 13.0 Å². The molecule has 0 aliphatic heterocycles. The summed E-state index contributed by atoms with van der Waals surface area (Å²) in [6.45, 7) is 3.17. The highest BCUT2D eigenvalue weighted by atomic mass is 16.4. The number of carboxylic acids is 2. The van der Waals surface area contributed by atoms with E-state index < -0.39 is 11.9 Å². The minimum Gasteiger partial charge on any atom is -0.473 e. The zero-order valence-electron chi connectivity index (χ0n) is 14.8. The van der Waals surface area contributed by atoms with Crippen LogP contribution >= 0.6 is 0 Å². The third-order valence-corrected chi connectivity index (χ3v) is 3.59. The molecule has 0 aromatic heterocycles. The summed E-state index contributed by atoms with van der Waals surface area (Å²) in [4.78, 5) is 18.2. The van der Waals surface area contributed by atoms with E-state index in [-0.39, 0.29) is 0 Å². The molecule has 0 spiro atoms. The summed E-state index contributed by atoms with van der Waals surface area (Å²) in [5.74, 6) is -3.65. The zero-order chi connectivity index (χ0) is 19.2. The fourth-order valence-electron chi connectivity index (χ4n) is 2.16. The molecule has 0 amide bonds. The van der Waals surface area contributed by atoms with E-state index in [9.17, 15) is 0 Å². The van der Waals surface area contributed by atoms with Crippen LogP contribution in [-0.2, 0) is 16.0 Å². The van der Waals surface area contributed by atoms with Crippen molar-refractivity contribution in [2.45, 2.75) is 25.8 Å². The topological polar surface area (TPSA) is 86.6 Å². The molecule has 3 N–H and O–H groups in total. The largest absolute Gasteiger partial charge is 0.473 e. The Bertz CT molecular complexity index is 672. The average molecular weight is 355 g/mol. The van der Waals surface area contributed by atoms with Crippen molar-refractivity contribution in [2.75, 3.05) is 6.54 Å². The highest BCUT2D eigenvalue weighted by molar-refractivity contribution is 6.27. The van der Waals surface area contributed by atoms with E-state index in [1.807, 2.05) is 6.07 Å². The molecule has 5 nitrogen and oxygen atoms in total. The molecule has 0 saturated heterocycles. The predicted octanol–water partition coefficient (Wildman–Crippen LogP) is 3.47. The van der Waals surface area contributed by atoms with Gasteiger partial charge in [-0.3, -0.25) is 0 Å². The van der Waals surface area contributed by atoms with Gasteiger partial charge in [-0.1, -0.05) is 72.8 Å².